The lowest BCUT2D eigenvalue weighted by Crippen LogP contribution is -2.36. The molecule has 1 aliphatic heterocycles. The lowest BCUT2D eigenvalue weighted by Gasteiger charge is -2.21. The zero-order chi connectivity index (χ0) is 13.4. The van der Waals surface area contributed by atoms with E-state index in [0.717, 1.165) is 25.6 Å². The van der Waals surface area contributed by atoms with Gasteiger partial charge in [-0.05, 0) is 44.7 Å². The zero-order valence-corrected chi connectivity index (χ0v) is 15.0. The van der Waals surface area contributed by atoms with E-state index in [4.69, 9.17) is 5.73 Å². The SMILES string of the molecule is CCN1CCCC1CN=C(N)NCCCC(C)C.I. The Bertz CT molecular complexity index is 256. The van der Waals surface area contributed by atoms with Gasteiger partial charge in [-0.2, -0.15) is 0 Å². The number of halogens is 1. The van der Waals surface area contributed by atoms with Crippen molar-refractivity contribution >= 4 is 29.9 Å². The van der Waals surface area contributed by atoms with Crippen LogP contribution in [-0.4, -0.2) is 43.1 Å². The Morgan fingerprint density at radius 1 is 1.47 bits per heavy atom. The van der Waals surface area contributed by atoms with Gasteiger partial charge in [0.05, 0.1) is 6.54 Å². The third-order valence-corrected chi connectivity index (χ3v) is 3.64. The number of hydrogen-bond acceptors (Lipinski definition) is 2. The molecule has 0 amide bonds. The van der Waals surface area contributed by atoms with Crippen molar-refractivity contribution in [1.29, 1.82) is 0 Å². The normalized spacial score (nSPS) is 20.6. The molecule has 4 nitrogen and oxygen atoms in total. The van der Waals surface area contributed by atoms with E-state index in [9.17, 15) is 0 Å². The first-order valence-electron chi connectivity index (χ1n) is 7.41. The molecule has 0 aromatic carbocycles. The predicted molar refractivity (Wildman–Crippen MR) is 94.2 cm³/mol. The van der Waals surface area contributed by atoms with Crippen LogP contribution in [-0.2, 0) is 0 Å². The molecule has 1 fully saturated rings. The average Bonchev–Trinajstić information content (AvgIpc) is 2.79. The molecule has 114 valence electrons. The lowest BCUT2D eigenvalue weighted by atomic mass is 10.1. The van der Waals surface area contributed by atoms with Crippen molar-refractivity contribution in [1.82, 2.24) is 10.2 Å². The number of likely N-dealkylation sites (tertiary alicyclic amines) is 1. The Balaban J connectivity index is 0.00000324. The maximum atomic E-state index is 5.88. The van der Waals surface area contributed by atoms with Gasteiger partial charge in [-0.3, -0.25) is 9.89 Å². The quantitative estimate of drug-likeness (QED) is 0.308. The summed E-state index contributed by atoms with van der Waals surface area (Å²) in [6.07, 6.45) is 4.97. The summed E-state index contributed by atoms with van der Waals surface area (Å²) in [4.78, 5) is 6.96. The van der Waals surface area contributed by atoms with Crippen LogP contribution < -0.4 is 11.1 Å². The van der Waals surface area contributed by atoms with Gasteiger partial charge in [-0.15, -0.1) is 24.0 Å². The molecule has 0 radical (unpaired) electrons. The monoisotopic (exact) mass is 382 g/mol. The van der Waals surface area contributed by atoms with Gasteiger partial charge in [-0.25, -0.2) is 0 Å². The number of aliphatic imine (C=N–C) groups is 1. The molecule has 1 rings (SSSR count). The third kappa shape index (κ3) is 7.97. The van der Waals surface area contributed by atoms with Crippen LogP contribution in [0.1, 0.15) is 46.5 Å². The van der Waals surface area contributed by atoms with Crippen molar-refractivity contribution in [3.05, 3.63) is 0 Å². The molecule has 0 saturated carbocycles. The molecule has 0 bridgehead atoms. The maximum absolute atomic E-state index is 5.88. The summed E-state index contributed by atoms with van der Waals surface area (Å²) in [5.41, 5.74) is 5.88. The van der Waals surface area contributed by atoms with E-state index in [1.54, 1.807) is 0 Å². The lowest BCUT2D eigenvalue weighted by molar-refractivity contribution is 0.273. The average molecular weight is 382 g/mol. The zero-order valence-electron chi connectivity index (χ0n) is 12.7. The van der Waals surface area contributed by atoms with Gasteiger partial charge in [0.1, 0.15) is 0 Å². The van der Waals surface area contributed by atoms with Crippen LogP contribution >= 0.6 is 24.0 Å². The van der Waals surface area contributed by atoms with Gasteiger partial charge in [0.25, 0.3) is 0 Å². The second kappa shape index (κ2) is 10.7. The van der Waals surface area contributed by atoms with E-state index in [2.05, 4.69) is 36.0 Å². The summed E-state index contributed by atoms with van der Waals surface area (Å²) < 4.78 is 0. The molecule has 1 aliphatic rings. The van der Waals surface area contributed by atoms with Crippen molar-refractivity contribution < 1.29 is 0 Å². The first-order chi connectivity index (χ1) is 8.63. The second-order valence-electron chi connectivity index (χ2n) is 5.61. The Hall–Kier alpha value is -0.0400. The summed E-state index contributed by atoms with van der Waals surface area (Å²) in [6, 6.07) is 0.603. The van der Waals surface area contributed by atoms with E-state index in [1.165, 1.54) is 32.2 Å². The molecular formula is C14H31IN4. The summed E-state index contributed by atoms with van der Waals surface area (Å²) in [7, 11) is 0. The predicted octanol–water partition coefficient (Wildman–Crippen LogP) is 2.43. The molecular weight excluding hydrogens is 351 g/mol. The van der Waals surface area contributed by atoms with E-state index in [0.29, 0.717) is 12.0 Å². The molecule has 0 aromatic heterocycles. The Labute approximate surface area is 135 Å². The van der Waals surface area contributed by atoms with E-state index < -0.39 is 0 Å². The minimum absolute atomic E-state index is 0. The van der Waals surface area contributed by atoms with Crippen molar-refractivity contribution in [3.63, 3.8) is 0 Å². The highest BCUT2D eigenvalue weighted by Gasteiger charge is 2.22. The molecule has 3 N–H and O–H groups in total. The molecule has 0 aromatic rings. The van der Waals surface area contributed by atoms with Crippen LogP contribution in [0.4, 0.5) is 0 Å². The van der Waals surface area contributed by atoms with E-state index in [1.807, 2.05) is 0 Å². The Morgan fingerprint density at radius 3 is 2.84 bits per heavy atom. The number of rotatable bonds is 7. The fourth-order valence-corrected chi connectivity index (χ4v) is 2.50. The summed E-state index contributed by atoms with van der Waals surface area (Å²) in [5.74, 6) is 1.38. The number of nitrogens with zero attached hydrogens (tertiary/aromatic N) is 2. The van der Waals surface area contributed by atoms with Crippen LogP contribution in [0.2, 0.25) is 0 Å². The molecule has 0 spiro atoms. The molecule has 1 saturated heterocycles. The van der Waals surface area contributed by atoms with Crippen molar-refractivity contribution in [3.8, 4) is 0 Å². The number of nitrogens with two attached hydrogens (primary N) is 1. The molecule has 1 atom stereocenters. The Morgan fingerprint density at radius 2 is 2.21 bits per heavy atom. The molecule has 5 heteroatoms. The van der Waals surface area contributed by atoms with Gasteiger partial charge in [0.2, 0.25) is 0 Å². The van der Waals surface area contributed by atoms with Crippen LogP contribution in [0.15, 0.2) is 4.99 Å². The number of likely N-dealkylation sites (N-methyl/N-ethyl adjacent to an activating group) is 1. The summed E-state index contributed by atoms with van der Waals surface area (Å²) in [5, 5.41) is 3.20. The van der Waals surface area contributed by atoms with Crippen LogP contribution in [0.5, 0.6) is 0 Å². The van der Waals surface area contributed by atoms with Gasteiger partial charge in [0.15, 0.2) is 5.96 Å². The molecule has 1 unspecified atom stereocenters. The highest BCUT2D eigenvalue weighted by Crippen LogP contribution is 2.16. The standard InChI is InChI=1S/C14H30N4.HI/c1-4-18-10-6-8-13(18)11-17-14(15)16-9-5-7-12(2)3;/h12-13H,4-11H2,1-3H3,(H3,15,16,17);1H. The number of hydrogen-bond donors (Lipinski definition) is 2. The largest absolute Gasteiger partial charge is 0.370 e. The van der Waals surface area contributed by atoms with Gasteiger partial charge in [0, 0.05) is 12.6 Å². The number of nitrogens with one attached hydrogen (secondary N) is 1. The maximum Gasteiger partial charge on any atom is 0.188 e. The fraction of sp³-hybridized carbons (Fsp3) is 0.929. The smallest absolute Gasteiger partial charge is 0.188 e. The topological polar surface area (TPSA) is 53.6 Å². The van der Waals surface area contributed by atoms with Crippen molar-refractivity contribution in [2.24, 2.45) is 16.6 Å². The first kappa shape index (κ1) is 19.0. The minimum Gasteiger partial charge on any atom is -0.370 e. The van der Waals surface area contributed by atoms with E-state index in [-0.39, 0.29) is 24.0 Å². The van der Waals surface area contributed by atoms with Crippen LogP contribution in [0, 0.1) is 5.92 Å². The Kier molecular flexibility index (Phi) is 10.7. The molecule has 1 heterocycles. The highest BCUT2D eigenvalue weighted by atomic mass is 127. The first-order valence-corrected chi connectivity index (χ1v) is 7.41. The van der Waals surface area contributed by atoms with Crippen LogP contribution in [0.25, 0.3) is 0 Å². The summed E-state index contributed by atoms with van der Waals surface area (Å²) in [6.45, 7) is 10.8. The van der Waals surface area contributed by atoms with E-state index >= 15 is 0 Å². The van der Waals surface area contributed by atoms with Crippen molar-refractivity contribution in [2.75, 3.05) is 26.2 Å². The van der Waals surface area contributed by atoms with Gasteiger partial charge >= 0.3 is 0 Å². The van der Waals surface area contributed by atoms with Gasteiger partial charge < -0.3 is 11.1 Å². The minimum atomic E-state index is 0. The third-order valence-electron chi connectivity index (χ3n) is 3.64. The summed E-state index contributed by atoms with van der Waals surface area (Å²) >= 11 is 0. The van der Waals surface area contributed by atoms with Gasteiger partial charge in [-0.1, -0.05) is 20.8 Å². The van der Waals surface area contributed by atoms with Crippen molar-refractivity contribution in [2.45, 2.75) is 52.5 Å². The fourth-order valence-electron chi connectivity index (χ4n) is 2.50. The number of guanidine groups is 1. The molecule has 0 aliphatic carbocycles. The molecule has 19 heavy (non-hydrogen) atoms. The highest BCUT2D eigenvalue weighted by molar-refractivity contribution is 14.0. The van der Waals surface area contributed by atoms with Crippen LogP contribution in [0.3, 0.4) is 0 Å². The second-order valence-corrected chi connectivity index (χ2v) is 5.61.